The molecule has 0 aliphatic carbocycles. The maximum absolute atomic E-state index is 5.31. The average Bonchev–Trinajstić information content (AvgIpc) is 2.70. The van der Waals surface area contributed by atoms with E-state index in [2.05, 4.69) is 23.0 Å². The fraction of sp³-hybridized carbons (Fsp3) is 0.154. The molecule has 3 aromatic rings. The Morgan fingerprint density at radius 3 is 2.94 bits per heavy atom. The highest BCUT2D eigenvalue weighted by molar-refractivity contribution is 6.06. The third kappa shape index (κ3) is 1.11. The number of pyridine rings is 1. The minimum atomic E-state index is 0.812. The van der Waals surface area contributed by atoms with Crippen molar-refractivity contribution < 1.29 is 4.74 Å². The molecule has 3 rings (SSSR count). The summed E-state index contributed by atoms with van der Waals surface area (Å²) in [6.07, 6.45) is 3.90. The number of rotatable bonds is 1. The number of aryl methyl sites for hydroxylation is 1. The molecule has 0 saturated heterocycles. The van der Waals surface area contributed by atoms with Crippen LogP contribution in [0.1, 0.15) is 5.56 Å². The smallest absolute Gasteiger partial charge is 0.145 e. The Morgan fingerprint density at radius 1 is 1.25 bits per heavy atom. The summed E-state index contributed by atoms with van der Waals surface area (Å²) in [5.74, 6) is 0.812. The summed E-state index contributed by atoms with van der Waals surface area (Å²) in [5.41, 5.74) is 3.24. The number of H-pyrrole nitrogens is 1. The van der Waals surface area contributed by atoms with E-state index < -0.39 is 0 Å². The number of nitrogens with one attached hydrogen (secondary N) is 1. The lowest BCUT2D eigenvalue weighted by Crippen LogP contribution is -1.87. The van der Waals surface area contributed by atoms with Crippen LogP contribution in [0.4, 0.5) is 0 Å². The van der Waals surface area contributed by atoms with Crippen molar-refractivity contribution in [3.05, 3.63) is 36.2 Å². The third-order valence-electron chi connectivity index (χ3n) is 2.94. The van der Waals surface area contributed by atoms with Gasteiger partial charge in [-0.25, -0.2) is 0 Å². The minimum absolute atomic E-state index is 0.812. The van der Waals surface area contributed by atoms with Gasteiger partial charge in [0, 0.05) is 23.2 Å². The second-order valence-electron chi connectivity index (χ2n) is 3.88. The van der Waals surface area contributed by atoms with E-state index in [0.717, 1.165) is 22.2 Å². The van der Waals surface area contributed by atoms with Gasteiger partial charge in [0.05, 0.1) is 12.6 Å². The Kier molecular flexibility index (Phi) is 1.86. The standard InChI is InChI=1S/C13H12N2O/c1-8-6-14-12-9-4-3-5-11(16-2)13(9)15-7-10(8)12/h3-7,14H,1-2H3. The maximum atomic E-state index is 5.31. The Morgan fingerprint density at radius 2 is 2.12 bits per heavy atom. The van der Waals surface area contributed by atoms with Gasteiger partial charge in [0.1, 0.15) is 11.3 Å². The molecule has 0 bridgehead atoms. The molecule has 0 saturated carbocycles. The van der Waals surface area contributed by atoms with Crippen LogP contribution in [0, 0.1) is 6.92 Å². The highest BCUT2D eigenvalue weighted by Crippen LogP contribution is 2.29. The quantitative estimate of drug-likeness (QED) is 0.673. The van der Waals surface area contributed by atoms with Crippen LogP contribution >= 0.6 is 0 Å². The fourth-order valence-corrected chi connectivity index (χ4v) is 2.07. The summed E-state index contributed by atoms with van der Waals surface area (Å²) in [7, 11) is 1.67. The molecule has 0 aliphatic heterocycles. The number of hydrogen-bond acceptors (Lipinski definition) is 2. The van der Waals surface area contributed by atoms with Crippen LogP contribution in [0.5, 0.6) is 5.75 Å². The molecule has 16 heavy (non-hydrogen) atoms. The molecule has 1 aromatic carbocycles. The van der Waals surface area contributed by atoms with Crippen LogP contribution in [-0.2, 0) is 0 Å². The Hall–Kier alpha value is -2.03. The van der Waals surface area contributed by atoms with Gasteiger partial charge in [-0.3, -0.25) is 4.98 Å². The monoisotopic (exact) mass is 212 g/mol. The van der Waals surface area contributed by atoms with E-state index in [1.807, 2.05) is 24.5 Å². The summed E-state index contributed by atoms with van der Waals surface area (Å²) in [6, 6.07) is 5.97. The van der Waals surface area contributed by atoms with Crippen LogP contribution in [0.2, 0.25) is 0 Å². The van der Waals surface area contributed by atoms with Crippen LogP contribution in [0.15, 0.2) is 30.6 Å². The summed E-state index contributed by atoms with van der Waals surface area (Å²) in [5, 5.41) is 2.27. The van der Waals surface area contributed by atoms with Crippen molar-refractivity contribution in [3.8, 4) is 5.75 Å². The highest BCUT2D eigenvalue weighted by atomic mass is 16.5. The third-order valence-corrected chi connectivity index (χ3v) is 2.94. The first kappa shape index (κ1) is 9.21. The van der Waals surface area contributed by atoms with E-state index in [0.29, 0.717) is 0 Å². The highest BCUT2D eigenvalue weighted by Gasteiger charge is 2.08. The zero-order chi connectivity index (χ0) is 11.1. The molecule has 0 fully saturated rings. The van der Waals surface area contributed by atoms with Crippen LogP contribution in [0.25, 0.3) is 21.8 Å². The second-order valence-corrected chi connectivity index (χ2v) is 3.88. The van der Waals surface area contributed by atoms with Crippen molar-refractivity contribution in [2.45, 2.75) is 6.92 Å². The first-order chi connectivity index (χ1) is 7.81. The summed E-state index contributed by atoms with van der Waals surface area (Å²) in [4.78, 5) is 7.75. The predicted molar refractivity (Wildman–Crippen MR) is 64.9 cm³/mol. The van der Waals surface area contributed by atoms with Gasteiger partial charge in [0.15, 0.2) is 0 Å². The summed E-state index contributed by atoms with van der Waals surface area (Å²) >= 11 is 0. The molecule has 3 heteroatoms. The topological polar surface area (TPSA) is 37.9 Å². The number of ether oxygens (including phenoxy) is 1. The van der Waals surface area contributed by atoms with Gasteiger partial charge in [-0.05, 0) is 18.6 Å². The van der Waals surface area contributed by atoms with Crippen molar-refractivity contribution in [2.24, 2.45) is 0 Å². The van der Waals surface area contributed by atoms with Gasteiger partial charge in [-0.1, -0.05) is 12.1 Å². The van der Waals surface area contributed by atoms with Gasteiger partial charge in [0.25, 0.3) is 0 Å². The Bertz CT molecular complexity index is 670. The van der Waals surface area contributed by atoms with Crippen molar-refractivity contribution in [3.63, 3.8) is 0 Å². The summed E-state index contributed by atoms with van der Waals surface area (Å²) < 4.78 is 5.31. The lowest BCUT2D eigenvalue weighted by Gasteiger charge is -2.04. The maximum Gasteiger partial charge on any atom is 0.145 e. The van der Waals surface area contributed by atoms with E-state index in [-0.39, 0.29) is 0 Å². The fourth-order valence-electron chi connectivity index (χ4n) is 2.07. The second kappa shape index (κ2) is 3.23. The van der Waals surface area contributed by atoms with Crippen LogP contribution in [0.3, 0.4) is 0 Å². The van der Waals surface area contributed by atoms with E-state index in [4.69, 9.17) is 4.74 Å². The van der Waals surface area contributed by atoms with E-state index >= 15 is 0 Å². The zero-order valence-electron chi connectivity index (χ0n) is 9.24. The van der Waals surface area contributed by atoms with E-state index in [1.165, 1.54) is 10.9 Å². The number of aromatic amines is 1. The molecule has 0 atom stereocenters. The number of methoxy groups -OCH3 is 1. The molecule has 2 aromatic heterocycles. The van der Waals surface area contributed by atoms with Crippen LogP contribution in [-0.4, -0.2) is 17.1 Å². The van der Waals surface area contributed by atoms with Crippen molar-refractivity contribution in [2.75, 3.05) is 7.11 Å². The van der Waals surface area contributed by atoms with Gasteiger partial charge < -0.3 is 9.72 Å². The van der Waals surface area contributed by atoms with Crippen molar-refractivity contribution in [1.29, 1.82) is 0 Å². The molecule has 1 N–H and O–H groups in total. The zero-order valence-corrected chi connectivity index (χ0v) is 9.24. The molecule has 0 radical (unpaired) electrons. The molecule has 0 aliphatic rings. The van der Waals surface area contributed by atoms with Gasteiger partial charge >= 0.3 is 0 Å². The molecular weight excluding hydrogens is 200 g/mol. The van der Waals surface area contributed by atoms with Crippen molar-refractivity contribution >= 4 is 21.8 Å². The number of para-hydroxylation sites is 1. The first-order valence-corrected chi connectivity index (χ1v) is 5.20. The van der Waals surface area contributed by atoms with Crippen LogP contribution < -0.4 is 4.74 Å². The molecule has 0 unspecified atom stereocenters. The number of fused-ring (bicyclic) bond motifs is 3. The number of benzene rings is 1. The lowest BCUT2D eigenvalue weighted by atomic mass is 10.1. The normalized spacial score (nSPS) is 11.1. The van der Waals surface area contributed by atoms with Gasteiger partial charge in [-0.2, -0.15) is 0 Å². The first-order valence-electron chi connectivity index (χ1n) is 5.20. The number of hydrogen-bond donors (Lipinski definition) is 1. The van der Waals surface area contributed by atoms with Crippen molar-refractivity contribution in [1.82, 2.24) is 9.97 Å². The molecule has 3 nitrogen and oxygen atoms in total. The molecule has 80 valence electrons. The number of aromatic nitrogens is 2. The van der Waals surface area contributed by atoms with E-state index in [9.17, 15) is 0 Å². The molecule has 2 heterocycles. The van der Waals surface area contributed by atoms with E-state index in [1.54, 1.807) is 7.11 Å². The minimum Gasteiger partial charge on any atom is -0.494 e. The Balaban J connectivity index is 2.52. The largest absolute Gasteiger partial charge is 0.494 e. The SMILES string of the molecule is COc1cccc2c1ncc1c(C)c[nH]c12. The molecular formula is C13H12N2O. The molecule has 0 spiro atoms. The molecule has 0 amide bonds. The lowest BCUT2D eigenvalue weighted by molar-refractivity contribution is 0.419. The summed E-state index contributed by atoms with van der Waals surface area (Å²) in [6.45, 7) is 2.08. The average molecular weight is 212 g/mol. The van der Waals surface area contributed by atoms with Gasteiger partial charge in [0.2, 0.25) is 0 Å². The number of nitrogens with zero attached hydrogens (tertiary/aromatic N) is 1. The predicted octanol–water partition coefficient (Wildman–Crippen LogP) is 3.03. The Labute approximate surface area is 93.1 Å². The van der Waals surface area contributed by atoms with Gasteiger partial charge in [-0.15, -0.1) is 0 Å².